The number of carbonyl (C=O) groups excluding carboxylic acids is 1. The monoisotopic (exact) mass is 281 g/mol. The van der Waals surface area contributed by atoms with E-state index in [0.29, 0.717) is 6.54 Å². The normalized spacial score (nSPS) is 11.7. The number of aromatic nitrogens is 1. The van der Waals surface area contributed by atoms with Crippen molar-refractivity contribution in [1.82, 2.24) is 15.2 Å². The molecule has 1 aromatic rings. The predicted molar refractivity (Wildman–Crippen MR) is 72.2 cm³/mol. The SMILES string of the molecule is COC(CNC(=O)N(C)Cc1ccccn1)CC(=O)O. The van der Waals surface area contributed by atoms with E-state index in [4.69, 9.17) is 9.84 Å². The minimum atomic E-state index is -0.965. The maximum absolute atomic E-state index is 11.8. The molecule has 0 aromatic carbocycles. The number of methoxy groups -OCH3 is 1. The van der Waals surface area contributed by atoms with Crippen LogP contribution in [-0.4, -0.2) is 53.8 Å². The highest BCUT2D eigenvalue weighted by Gasteiger charge is 2.15. The zero-order chi connectivity index (χ0) is 15.0. The van der Waals surface area contributed by atoms with Gasteiger partial charge in [-0.2, -0.15) is 0 Å². The van der Waals surface area contributed by atoms with E-state index in [2.05, 4.69) is 10.3 Å². The highest BCUT2D eigenvalue weighted by Crippen LogP contribution is 2.00. The standard InChI is InChI=1S/C13H19N3O4/c1-16(9-10-5-3-4-6-14-10)13(19)15-8-11(20-2)7-12(17)18/h3-6,11H,7-9H2,1-2H3,(H,15,19)(H,17,18). The summed E-state index contributed by atoms with van der Waals surface area (Å²) in [5, 5.41) is 11.3. The predicted octanol–water partition coefficient (Wildman–Crippen LogP) is 0.713. The zero-order valence-corrected chi connectivity index (χ0v) is 11.6. The molecule has 2 N–H and O–H groups in total. The maximum Gasteiger partial charge on any atom is 0.317 e. The Morgan fingerprint density at radius 2 is 2.25 bits per heavy atom. The third-order valence-electron chi connectivity index (χ3n) is 2.69. The van der Waals surface area contributed by atoms with Crippen LogP contribution in [0.1, 0.15) is 12.1 Å². The fourth-order valence-electron chi connectivity index (χ4n) is 1.58. The summed E-state index contributed by atoms with van der Waals surface area (Å²) in [6.07, 6.45) is 0.968. The molecular weight excluding hydrogens is 262 g/mol. The summed E-state index contributed by atoms with van der Waals surface area (Å²) in [6.45, 7) is 0.525. The van der Waals surface area contributed by atoms with Crippen LogP contribution >= 0.6 is 0 Å². The highest BCUT2D eigenvalue weighted by atomic mass is 16.5. The number of carbonyl (C=O) groups is 2. The van der Waals surface area contributed by atoms with Gasteiger partial charge in [-0.15, -0.1) is 0 Å². The molecule has 0 fully saturated rings. The smallest absolute Gasteiger partial charge is 0.317 e. The van der Waals surface area contributed by atoms with Gasteiger partial charge in [0.2, 0.25) is 0 Å². The molecule has 7 heteroatoms. The van der Waals surface area contributed by atoms with E-state index < -0.39 is 12.1 Å². The van der Waals surface area contributed by atoms with Gasteiger partial charge in [0, 0.05) is 26.9 Å². The van der Waals surface area contributed by atoms with Crippen molar-refractivity contribution >= 4 is 12.0 Å². The minimum absolute atomic E-state index is 0.147. The van der Waals surface area contributed by atoms with Gasteiger partial charge >= 0.3 is 12.0 Å². The molecule has 20 heavy (non-hydrogen) atoms. The average Bonchev–Trinajstić information content (AvgIpc) is 2.43. The second-order valence-electron chi connectivity index (χ2n) is 4.32. The fourth-order valence-corrected chi connectivity index (χ4v) is 1.58. The molecule has 7 nitrogen and oxygen atoms in total. The molecule has 1 atom stereocenters. The number of carboxylic acids is 1. The molecule has 0 bridgehead atoms. The van der Waals surface area contributed by atoms with E-state index in [1.165, 1.54) is 12.0 Å². The Morgan fingerprint density at radius 3 is 2.80 bits per heavy atom. The number of hydrogen-bond acceptors (Lipinski definition) is 4. The molecule has 2 amide bonds. The molecule has 0 saturated heterocycles. The summed E-state index contributed by atoms with van der Waals surface area (Å²) in [4.78, 5) is 28.0. The summed E-state index contributed by atoms with van der Waals surface area (Å²) < 4.78 is 4.98. The van der Waals surface area contributed by atoms with Gasteiger partial charge in [0.1, 0.15) is 0 Å². The Kier molecular flexibility index (Phi) is 6.45. The Balaban J connectivity index is 2.39. The molecule has 110 valence electrons. The van der Waals surface area contributed by atoms with Gasteiger partial charge < -0.3 is 20.1 Å². The summed E-state index contributed by atoms with van der Waals surface area (Å²) in [6, 6.07) is 5.18. The number of hydrogen-bond donors (Lipinski definition) is 2. The first-order valence-corrected chi connectivity index (χ1v) is 6.16. The number of amides is 2. The molecular formula is C13H19N3O4. The van der Waals surface area contributed by atoms with E-state index >= 15 is 0 Å². The summed E-state index contributed by atoms with van der Waals surface area (Å²) in [5.74, 6) is -0.965. The topological polar surface area (TPSA) is 91.8 Å². The van der Waals surface area contributed by atoms with Crippen LogP contribution in [0.3, 0.4) is 0 Å². The summed E-state index contributed by atoms with van der Waals surface area (Å²) >= 11 is 0. The molecule has 0 aliphatic carbocycles. The maximum atomic E-state index is 11.8. The van der Waals surface area contributed by atoms with Crippen molar-refractivity contribution in [3.63, 3.8) is 0 Å². The van der Waals surface area contributed by atoms with Crippen LogP contribution in [0.15, 0.2) is 24.4 Å². The van der Waals surface area contributed by atoms with Gasteiger partial charge in [0.05, 0.1) is 24.8 Å². The number of carboxylic acid groups (broad SMARTS) is 1. The second-order valence-corrected chi connectivity index (χ2v) is 4.32. The van der Waals surface area contributed by atoms with Gasteiger partial charge in [-0.3, -0.25) is 9.78 Å². The van der Waals surface area contributed by atoms with Crippen LogP contribution in [0, 0.1) is 0 Å². The molecule has 1 aromatic heterocycles. The first-order valence-electron chi connectivity index (χ1n) is 6.16. The fraction of sp³-hybridized carbons (Fsp3) is 0.462. The number of aliphatic carboxylic acids is 1. The average molecular weight is 281 g/mol. The molecule has 1 unspecified atom stereocenters. The lowest BCUT2D eigenvalue weighted by Crippen LogP contribution is -2.41. The Hall–Kier alpha value is -2.15. The van der Waals surface area contributed by atoms with Crippen molar-refractivity contribution in [2.75, 3.05) is 20.7 Å². The molecule has 0 aliphatic heterocycles. The van der Waals surface area contributed by atoms with E-state index in [9.17, 15) is 9.59 Å². The molecule has 0 aliphatic rings. The van der Waals surface area contributed by atoms with Crippen LogP contribution in [0.2, 0.25) is 0 Å². The number of ether oxygens (including phenoxy) is 1. The zero-order valence-electron chi connectivity index (χ0n) is 11.6. The van der Waals surface area contributed by atoms with Crippen LogP contribution in [-0.2, 0) is 16.1 Å². The van der Waals surface area contributed by atoms with Crippen molar-refractivity contribution in [3.05, 3.63) is 30.1 Å². The van der Waals surface area contributed by atoms with Gasteiger partial charge in [-0.1, -0.05) is 6.07 Å². The van der Waals surface area contributed by atoms with Gasteiger partial charge in [0.15, 0.2) is 0 Å². The van der Waals surface area contributed by atoms with E-state index in [-0.39, 0.29) is 19.0 Å². The number of rotatable bonds is 7. The van der Waals surface area contributed by atoms with Crippen LogP contribution in [0.5, 0.6) is 0 Å². The molecule has 1 heterocycles. The van der Waals surface area contributed by atoms with E-state index in [1.54, 1.807) is 19.3 Å². The first-order chi connectivity index (χ1) is 9.52. The number of urea groups is 1. The Bertz CT molecular complexity index is 439. The van der Waals surface area contributed by atoms with Crippen molar-refractivity contribution in [2.45, 2.75) is 19.1 Å². The summed E-state index contributed by atoms with van der Waals surface area (Å²) in [5.41, 5.74) is 0.777. The lowest BCUT2D eigenvalue weighted by Gasteiger charge is -2.20. The Morgan fingerprint density at radius 1 is 1.50 bits per heavy atom. The highest BCUT2D eigenvalue weighted by molar-refractivity contribution is 5.74. The van der Waals surface area contributed by atoms with Crippen LogP contribution in [0.25, 0.3) is 0 Å². The molecule has 0 radical (unpaired) electrons. The second kappa shape index (κ2) is 8.11. The van der Waals surface area contributed by atoms with Crippen molar-refractivity contribution in [3.8, 4) is 0 Å². The van der Waals surface area contributed by atoms with Crippen molar-refractivity contribution < 1.29 is 19.4 Å². The third-order valence-corrected chi connectivity index (χ3v) is 2.69. The quantitative estimate of drug-likeness (QED) is 0.768. The lowest BCUT2D eigenvalue weighted by atomic mass is 10.2. The van der Waals surface area contributed by atoms with Gasteiger partial charge in [-0.25, -0.2) is 4.79 Å². The van der Waals surface area contributed by atoms with Crippen molar-refractivity contribution in [2.24, 2.45) is 0 Å². The minimum Gasteiger partial charge on any atom is -0.481 e. The number of nitrogens with one attached hydrogen (secondary N) is 1. The summed E-state index contributed by atoms with van der Waals surface area (Å²) in [7, 11) is 3.06. The molecule has 1 rings (SSSR count). The molecule has 0 saturated carbocycles. The number of pyridine rings is 1. The molecule has 0 spiro atoms. The van der Waals surface area contributed by atoms with E-state index in [0.717, 1.165) is 5.69 Å². The number of nitrogens with zero attached hydrogens (tertiary/aromatic N) is 2. The van der Waals surface area contributed by atoms with Crippen LogP contribution < -0.4 is 5.32 Å². The van der Waals surface area contributed by atoms with Gasteiger partial charge in [-0.05, 0) is 12.1 Å². The van der Waals surface area contributed by atoms with Crippen LogP contribution in [0.4, 0.5) is 4.79 Å². The van der Waals surface area contributed by atoms with E-state index in [1.807, 2.05) is 12.1 Å². The Labute approximate surface area is 117 Å². The van der Waals surface area contributed by atoms with Gasteiger partial charge in [0.25, 0.3) is 0 Å². The lowest BCUT2D eigenvalue weighted by molar-refractivity contribution is -0.139. The largest absolute Gasteiger partial charge is 0.481 e. The third kappa shape index (κ3) is 5.66. The first kappa shape index (κ1) is 15.9. The van der Waals surface area contributed by atoms with Crippen molar-refractivity contribution in [1.29, 1.82) is 0 Å².